The summed E-state index contributed by atoms with van der Waals surface area (Å²) in [6.07, 6.45) is 3.00. The molecule has 0 aromatic rings. The van der Waals surface area contributed by atoms with Gasteiger partial charge in [0.1, 0.15) is 17.3 Å². The minimum atomic E-state index is -0.675. The van der Waals surface area contributed by atoms with Crippen molar-refractivity contribution in [2.45, 2.75) is 71.6 Å². The van der Waals surface area contributed by atoms with E-state index >= 15 is 0 Å². The maximum atomic E-state index is 12.4. The molecule has 8 heteroatoms. The molecule has 7 nitrogen and oxygen atoms in total. The largest absolute Gasteiger partial charge is 0.456 e. The highest BCUT2D eigenvalue weighted by atomic mass is 32.2. The first-order valence-corrected chi connectivity index (χ1v) is 10.2. The number of nitriles is 1. The normalized spacial score (nSPS) is 18.9. The molecule has 1 aliphatic rings. The second-order valence-electron chi connectivity index (χ2n) is 8.43. The Morgan fingerprint density at radius 3 is 2.22 bits per heavy atom. The minimum Gasteiger partial charge on any atom is -0.456 e. The molecule has 1 fully saturated rings. The van der Waals surface area contributed by atoms with Gasteiger partial charge in [0.2, 0.25) is 0 Å². The number of thioether (sulfide) groups is 1. The van der Waals surface area contributed by atoms with Crippen molar-refractivity contribution in [3.63, 3.8) is 0 Å². The van der Waals surface area contributed by atoms with E-state index in [-0.39, 0.29) is 11.6 Å². The summed E-state index contributed by atoms with van der Waals surface area (Å²) in [6, 6.07) is 1.87. The van der Waals surface area contributed by atoms with Crippen molar-refractivity contribution in [3.8, 4) is 6.07 Å². The van der Waals surface area contributed by atoms with Crippen molar-refractivity contribution in [1.82, 2.24) is 10.2 Å². The zero-order chi connectivity index (χ0) is 20.8. The molecule has 0 spiro atoms. The number of nitrogens with one attached hydrogen (secondary N) is 1. The lowest BCUT2D eigenvalue weighted by Gasteiger charge is -2.36. The van der Waals surface area contributed by atoms with E-state index in [1.165, 1.54) is 11.8 Å². The third-order valence-electron chi connectivity index (χ3n) is 3.55. The SMILES string of the molecule is CS/C(=C(/C#N)C(=O)OC(C)(C)C)N1CCC[C@@H](NC(=O)OC(C)(C)C)C1. The van der Waals surface area contributed by atoms with Crippen LogP contribution >= 0.6 is 11.8 Å². The van der Waals surface area contributed by atoms with E-state index in [4.69, 9.17) is 9.47 Å². The summed E-state index contributed by atoms with van der Waals surface area (Å²) in [6.45, 7) is 11.9. The van der Waals surface area contributed by atoms with Gasteiger partial charge in [0.25, 0.3) is 0 Å². The van der Waals surface area contributed by atoms with E-state index in [0.717, 1.165) is 12.8 Å². The van der Waals surface area contributed by atoms with Crippen LogP contribution < -0.4 is 5.32 Å². The summed E-state index contributed by atoms with van der Waals surface area (Å²) in [4.78, 5) is 26.4. The Morgan fingerprint density at radius 1 is 1.15 bits per heavy atom. The number of rotatable bonds is 4. The van der Waals surface area contributed by atoms with Crippen LogP contribution in [0.5, 0.6) is 0 Å². The van der Waals surface area contributed by atoms with Crippen LogP contribution in [0.3, 0.4) is 0 Å². The molecule has 0 bridgehead atoms. The molecule has 27 heavy (non-hydrogen) atoms. The van der Waals surface area contributed by atoms with Gasteiger partial charge in [0.15, 0.2) is 5.57 Å². The molecule has 152 valence electrons. The number of carbonyl (C=O) groups is 2. The van der Waals surface area contributed by atoms with Gasteiger partial charge in [-0.1, -0.05) is 0 Å². The van der Waals surface area contributed by atoms with Crippen molar-refractivity contribution in [3.05, 3.63) is 10.6 Å². The highest BCUT2D eigenvalue weighted by Gasteiger charge is 2.29. The molecule has 1 amide bonds. The highest BCUT2D eigenvalue weighted by molar-refractivity contribution is 8.02. The Kier molecular flexibility index (Phi) is 8.03. The summed E-state index contributed by atoms with van der Waals surface area (Å²) < 4.78 is 10.7. The average molecular weight is 398 g/mol. The Labute approximate surface area is 166 Å². The molecule has 0 aliphatic carbocycles. The third-order valence-corrected chi connectivity index (χ3v) is 4.40. The maximum Gasteiger partial charge on any atom is 0.407 e. The van der Waals surface area contributed by atoms with Crippen LogP contribution in [-0.2, 0) is 14.3 Å². The summed E-state index contributed by atoms with van der Waals surface area (Å²) in [7, 11) is 0. The number of nitrogens with zero attached hydrogens (tertiary/aromatic N) is 2. The van der Waals surface area contributed by atoms with Gasteiger partial charge in [-0.25, -0.2) is 9.59 Å². The third kappa shape index (κ3) is 8.12. The van der Waals surface area contributed by atoms with Crippen LogP contribution in [0.4, 0.5) is 4.79 Å². The van der Waals surface area contributed by atoms with Crippen LogP contribution in [0, 0.1) is 11.3 Å². The summed E-state index contributed by atoms with van der Waals surface area (Å²) in [5.74, 6) is -0.628. The predicted octanol–water partition coefficient (Wildman–Crippen LogP) is 3.42. The lowest BCUT2D eigenvalue weighted by Crippen LogP contribution is -2.48. The van der Waals surface area contributed by atoms with E-state index < -0.39 is 23.3 Å². The maximum absolute atomic E-state index is 12.4. The predicted molar refractivity (Wildman–Crippen MR) is 106 cm³/mol. The van der Waals surface area contributed by atoms with Gasteiger partial charge < -0.3 is 19.7 Å². The number of ether oxygens (including phenoxy) is 2. The van der Waals surface area contributed by atoms with Gasteiger partial charge in [-0.05, 0) is 60.6 Å². The highest BCUT2D eigenvalue weighted by Crippen LogP contribution is 2.27. The number of esters is 1. The second-order valence-corrected chi connectivity index (χ2v) is 9.22. The van der Waals surface area contributed by atoms with Gasteiger partial charge in [-0.2, -0.15) is 5.26 Å². The first-order chi connectivity index (χ1) is 12.4. The van der Waals surface area contributed by atoms with Gasteiger partial charge in [0, 0.05) is 19.1 Å². The molecule has 1 heterocycles. The molecule has 1 atom stereocenters. The first kappa shape index (κ1) is 23.2. The van der Waals surface area contributed by atoms with Crippen LogP contribution in [0.1, 0.15) is 54.4 Å². The van der Waals surface area contributed by atoms with Crippen LogP contribution in [0.15, 0.2) is 10.6 Å². The molecule has 1 rings (SSSR count). The average Bonchev–Trinajstić information content (AvgIpc) is 2.48. The monoisotopic (exact) mass is 397 g/mol. The van der Waals surface area contributed by atoms with Crippen molar-refractivity contribution in [1.29, 1.82) is 5.26 Å². The van der Waals surface area contributed by atoms with Gasteiger partial charge in [-0.15, -0.1) is 11.8 Å². The quantitative estimate of drug-likeness (QED) is 0.441. The van der Waals surface area contributed by atoms with Crippen molar-refractivity contribution in [2.75, 3.05) is 19.3 Å². The number of amides is 1. The number of likely N-dealkylation sites (tertiary alicyclic amines) is 1. The van der Waals surface area contributed by atoms with E-state index in [1.807, 2.05) is 38.0 Å². The zero-order valence-corrected chi connectivity index (χ0v) is 18.2. The molecule has 0 aromatic carbocycles. The Bertz CT molecular complexity index is 626. The van der Waals surface area contributed by atoms with Gasteiger partial charge in [0.05, 0.1) is 5.03 Å². The fraction of sp³-hybridized carbons (Fsp3) is 0.737. The molecule has 1 saturated heterocycles. The molecular formula is C19H31N3O4S. The van der Waals surface area contributed by atoms with Crippen LogP contribution in [-0.4, -0.2) is 53.6 Å². The molecule has 1 N–H and O–H groups in total. The molecule has 0 aromatic heterocycles. The summed E-state index contributed by atoms with van der Waals surface area (Å²) in [5.41, 5.74) is -1.24. The summed E-state index contributed by atoms with van der Waals surface area (Å²) in [5, 5.41) is 13.0. The Morgan fingerprint density at radius 2 is 1.74 bits per heavy atom. The van der Waals surface area contributed by atoms with E-state index in [0.29, 0.717) is 18.1 Å². The number of carbonyl (C=O) groups excluding carboxylic acids is 2. The van der Waals surface area contributed by atoms with Gasteiger partial charge in [-0.3, -0.25) is 0 Å². The first-order valence-electron chi connectivity index (χ1n) is 9.02. The van der Waals surface area contributed by atoms with Gasteiger partial charge >= 0.3 is 12.1 Å². The fourth-order valence-electron chi connectivity index (χ4n) is 2.65. The number of piperidine rings is 1. The zero-order valence-electron chi connectivity index (χ0n) is 17.3. The summed E-state index contributed by atoms with van der Waals surface area (Å²) >= 11 is 1.33. The Balaban J connectivity index is 2.92. The minimum absolute atomic E-state index is 0.00431. The van der Waals surface area contributed by atoms with Crippen molar-refractivity contribution in [2.24, 2.45) is 0 Å². The van der Waals surface area contributed by atoms with Crippen molar-refractivity contribution >= 4 is 23.8 Å². The fourth-order valence-corrected chi connectivity index (χ4v) is 3.41. The molecule has 0 saturated carbocycles. The van der Waals surface area contributed by atoms with Crippen LogP contribution in [0.2, 0.25) is 0 Å². The van der Waals surface area contributed by atoms with Crippen LogP contribution in [0.25, 0.3) is 0 Å². The van der Waals surface area contributed by atoms with E-state index in [9.17, 15) is 14.9 Å². The topological polar surface area (TPSA) is 91.7 Å². The van der Waals surface area contributed by atoms with E-state index in [2.05, 4.69) is 5.32 Å². The molecule has 0 unspecified atom stereocenters. The smallest absolute Gasteiger partial charge is 0.407 e. The standard InChI is InChI=1S/C19H31N3O4S/c1-18(2,3)25-16(23)14(11-20)15(27-7)22-10-8-9-13(12-22)21-17(24)26-19(4,5)6/h13H,8-10,12H2,1-7H3,(H,21,24)/b15-14-/t13-/m1/s1. The number of alkyl carbamates (subject to hydrolysis) is 1. The molecular weight excluding hydrogens is 366 g/mol. The molecule has 1 aliphatic heterocycles. The molecule has 0 radical (unpaired) electrons. The van der Waals surface area contributed by atoms with Crippen molar-refractivity contribution < 1.29 is 19.1 Å². The lowest BCUT2D eigenvalue weighted by atomic mass is 10.1. The lowest BCUT2D eigenvalue weighted by molar-refractivity contribution is -0.149. The van der Waals surface area contributed by atoms with E-state index in [1.54, 1.807) is 20.8 Å². The number of hydrogen-bond donors (Lipinski definition) is 1. The Hall–Kier alpha value is -1.88. The number of hydrogen-bond acceptors (Lipinski definition) is 7. The second kappa shape index (κ2) is 9.36.